The summed E-state index contributed by atoms with van der Waals surface area (Å²) < 4.78 is 0. The maximum atomic E-state index is 6.71. The van der Waals surface area contributed by atoms with Crippen LogP contribution in [0.3, 0.4) is 0 Å². The Morgan fingerprint density at radius 2 is 1.83 bits per heavy atom. The summed E-state index contributed by atoms with van der Waals surface area (Å²) in [7, 11) is 0. The van der Waals surface area contributed by atoms with Crippen LogP contribution in [0.25, 0.3) is 0 Å². The second-order valence-corrected chi connectivity index (χ2v) is 1.91. The van der Waals surface area contributed by atoms with Crippen LogP contribution in [0.4, 0.5) is 0 Å². The highest BCUT2D eigenvalue weighted by atomic mass is 35.5. The van der Waals surface area contributed by atoms with Gasteiger partial charge in [-0.05, 0) is 0 Å². The minimum atomic E-state index is 0.201. The molecule has 0 spiro atoms. The lowest BCUT2D eigenvalue weighted by molar-refractivity contribution is 0.893. The fourth-order valence-corrected chi connectivity index (χ4v) is 0. The maximum Gasteiger partial charge on any atom is 0.0994 e. The molecule has 0 amide bonds. The Hall–Kier alpha value is -0.0400. The zero-order valence-electron chi connectivity index (χ0n) is 3.96. The van der Waals surface area contributed by atoms with Crippen molar-refractivity contribution in [1.82, 2.24) is 0 Å². The summed E-state index contributed by atoms with van der Waals surface area (Å²) in [5, 5.41) is 6.95. The molecule has 0 aliphatic heterocycles. The van der Waals surface area contributed by atoms with Gasteiger partial charge in [-0.2, -0.15) is 0 Å². The van der Waals surface area contributed by atoms with Crippen LogP contribution < -0.4 is 0 Å². The first kappa shape index (κ1) is 5.96. The smallest absolute Gasteiger partial charge is 0.0994 e. The fourth-order valence-electron chi connectivity index (χ4n) is 0. The molecule has 1 nitrogen and oxygen atoms in total. The first-order chi connectivity index (χ1) is 2.64. The highest BCUT2D eigenvalue weighted by Gasteiger charge is 1.93. The third-order valence-corrected chi connectivity index (χ3v) is 0.943. The van der Waals surface area contributed by atoms with Gasteiger partial charge in [0, 0.05) is 5.92 Å². The van der Waals surface area contributed by atoms with Gasteiger partial charge < -0.3 is 0 Å². The highest BCUT2D eigenvalue weighted by Crippen LogP contribution is 1.96. The van der Waals surface area contributed by atoms with E-state index in [4.69, 9.17) is 17.0 Å². The molecule has 0 rings (SSSR count). The quantitative estimate of drug-likeness (QED) is 0.492. The summed E-state index contributed by atoms with van der Waals surface area (Å²) in [5.74, 6) is 0.201. The molecule has 0 unspecified atom stereocenters. The Kier molecular flexibility index (Phi) is 2.18. The summed E-state index contributed by atoms with van der Waals surface area (Å²) in [5.41, 5.74) is 0. The Labute approximate surface area is 42.8 Å². The summed E-state index contributed by atoms with van der Waals surface area (Å²) in [6, 6.07) is 0. The van der Waals surface area contributed by atoms with Gasteiger partial charge >= 0.3 is 0 Å². The van der Waals surface area contributed by atoms with Gasteiger partial charge in [0.1, 0.15) is 0 Å². The molecule has 0 atom stereocenters. The van der Waals surface area contributed by atoms with Crippen molar-refractivity contribution in [2.24, 2.45) is 5.92 Å². The fraction of sp³-hybridized carbons (Fsp3) is 0.750. The van der Waals surface area contributed by atoms with Gasteiger partial charge in [-0.1, -0.05) is 25.4 Å². The summed E-state index contributed by atoms with van der Waals surface area (Å²) in [6.07, 6.45) is 0. The van der Waals surface area contributed by atoms with E-state index in [2.05, 4.69) is 0 Å². The lowest BCUT2D eigenvalue weighted by Gasteiger charge is -1.92. The third kappa shape index (κ3) is 2.21. The molecule has 0 aliphatic carbocycles. The van der Waals surface area contributed by atoms with E-state index in [1.807, 2.05) is 13.8 Å². The van der Waals surface area contributed by atoms with Crippen LogP contribution in [-0.4, -0.2) is 5.17 Å². The SMILES string of the molecule is CC(C)C(=N)Cl. The lowest BCUT2D eigenvalue weighted by atomic mass is 10.2. The molecule has 36 valence electrons. The van der Waals surface area contributed by atoms with E-state index in [-0.39, 0.29) is 11.1 Å². The zero-order chi connectivity index (χ0) is 5.15. The Balaban J connectivity index is 3.26. The zero-order valence-corrected chi connectivity index (χ0v) is 4.71. The van der Waals surface area contributed by atoms with Crippen molar-refractivity contribution in [3.8, 4) is 0 Å². The van der Waals surface area contributed by atoms with Gasteiger partial charge in [0.25, 0.3) is 0 Å². The minimum absolute atomic E-state index is 0.201. The average molecular weight is 106 g/mol. The van der Waals surface area contributed by atoms with Crippen molar-refractivity contribution in [3.63, 3.8) is 0 Å². The average Bonchev–Trinajstić information content (AvgIpc) is 1.36. The van der Waals surface area contributed by atoms with Crippen molar-refractivity contribution >= 4 is 16.8 Å². The van der Waals surface area contributed by atoms with E-state index in [0.29, 0.717) is 0 Å². The molecule has 0 fully saturated rings. The van der Waals surface area contributed by atoms with E-state index in [9.17, 15) is 0 Å². The lowest BCUT2D eigenvalue weighted by Crippen LogP contribution is -1.93. The van der Waals surface area contributed by atoms with Crippen molar-refractivity contribution in [2.75, 3.05) is 0 Å². The standard InChI is InChI=1S/C4H8ClN/c1-3(2)4(5)6/h3,6H,1-2H3. The van der Waals surface area contributed by atoms with Gasteiger partial charge in [0.2, 0.25) is 0 Å². The van der Waals surface area contributed by atoms with Crippen molar-refractivity contribution in [3.05, 3.63) is 0 Å². The molecular weight excluding hydrogens is 97.5 g/mol. The first-order valence-corrected chi connectivity index (χ1v) is 2.26. The normalized spacial score (nSPS) is 9.33. The molecule has 1 N–H and O–H groups in total. The van der Waals surface area contributed by atoms with E-state index in [0.717, 1.165) is 0 Å². The van der Waals surface area contributed by atoms with Gasteiger partial charge in [0.15, 0.2) is 0 Å². The van der Waals surface area contributed by atoms with Crippen LogP contribution in [0.15, 0.2) is 0 Å². The molecular formula is C4H8ClN. The third-order valence-electron chi connectivity index (χ3n) is 0.507. The topological polar surface area (TPSA) is 23.9 Å². The highest BCUT2D eigenvalue weighted by molar-refractivity contribution is 6.64. The van der Waals surface area contributed by atoms with Crippen LogP contribution in [-0.2, 0) is 0 Å². The molecule has 0 aromatic heterocycles. The van der Waals surface area contributed by atoms with Crippen LogP contribution >= 0.6 is 11.6 Å². The molecule has 0 radical (unpaired) electrons. The Morgan fingerprint density at radius 3 is 1.83 bits per heavy atom. The van der Waals surface area contributed by atoms with E-state index >= 15 is 0 Å². The predicted molar refractivity (Wildman–Crippen MR) is 28.4 cm³/mol. The number of hydrogen-bond donors (Lipinski definition) is 1. The second kappa shape index (κ2) is 2.19. The molecule has 6 heavy (non-hydrogen) atoms. The van der Waals surface area contributed by atoms with Crippen LogP contribution in [0, 0.1) is 11.3 Å². The van der Waals surface area contributed by atoms with Gasteiger partial charge in [-0.3, -0.25) is 5.41 Å². The Bertz CT molecular complexity index is 58.6. The number of rotatable bonds is 1. The second-order valence-electron chi connectivity index (χ2n) is 1.50. The number of nitrogens with one attached hydrogen (secondary N) is 1. The maximum absolute atomic E-state index is 6.71. The number of halogens is 1. The van der Waals surface area contributed by atoms with Crippen molar-refractivity contribution < 1.29 is 0 Å². The number of hydrogen-bond acceptors (Lipinski definition) is 1. The molecule has 0 heterocycles. The minimum Gasteiger partial charge on any atom is -0.293 e. The first-order valence-electron chi connectivity index (χ1n) is 1.88. The molecule has 0 aliphatic rings. The van der Waals surface area contributed by atoms with Crippen LogP contribution in [0.2, 0.25) is 0 Å². The molecule has 0 saturated carbocycles. The van der Waals surface area contributed by atoms with E-state index in [1.54, 1.807) is 0 Å². The molecule has 0 aromatic rings. The summed E-state index contributed by atoms with van der Waals surface area (Å²) >= 11 is 5.20. The van der Waals surface area contributed by atoms with E-state index in [1.165, 1.54) is 0 Å². The van der Waals surface area contributed by atoms with E-state index < -0.39 is 0 Å². The molecule has 2 heteroatoms. The molecule has 0 saturated heterocycles. The monoisotopic (exact) mass is 105 g/mol. The van der Waals surface area contributed by atoms with Gasteiger partial charge in [-0.25, -0.2) is 0 Å². The van der Waals surface area contributed by atoms with Crippen molar-refractivity contribution in [1.29, 1.82) is 5.41 Å². The van der Waals surface area contributed by atoms with Gasteiger partial charge in [-0.15, -0.1) is 0 Å². The predicted octanol–water partition coefficient (Wildman–Crippen LogP) is 1.86. The largest absolute Gasteiger partial charge is 0.293 e. The van der Waals surface area contributed by atoms with Crippen molar-refractivity contribution in [2.45, 2.75) is 13.8 Å². The van der Waals surface area contributed by atoms with Gasteiger partial charge in [0.05, 0.1) is 5.17 Å². The summed E-state index contributed by atoms with van der Waals surface area (Å²) in [6.45, 7) is 3.77. The van der Waals surface area contributed by atoms with Crippen LogP contribution in [0.1, 0.15) is 13.8 Å². The molecule has 0 aromatic carbocycles. The van der Waals surface area contributed by atoms with Crippen LogP contribution in [0.5, 0.6) is 0 Å². The Morgan fingerprint density at radius 1 is 1.67 bits per heavy atom. The summed E-state index contributed by atoms with van der Waals surface area (Å²) in [4.78, 5) is 0. The molecule has 0 bridgehead atoms.